The second-order valence-corrected chi connectivity index (χ2v) is 4.05. The van der Waals surface area contributed by atoms with Crippen molar-refractivity contribution < 1.29 is 5.11 Å². The standard InChI is InChI=1S/C14H8N2O3/c17-12-11(13(18)14(12)19)9-3-1-8(2-4-9)10-5-6-15-7-16-10/h1-7,17H. The molecule has 0 unspecified atom stereocenters. The van der Waals surface area contributed by atoms with E-state index < -0.39 is 16.6 Å². The Morgan fingerprint density at radius 3 is 2.16 bits per heavy atom. The summed E-state index contributed by atoms with van der Waals surface area (Å²) in [5, 5.41) is 9.38. The number of aromatic hydroxyl groups is 1. The lowest BCUT2D eigenvalue weighted by atomic mass is 9.98. The van der Waals surface area contributed by atoms with Gasteiger partial charge in [-0.15, -0.1) is 0 Å². The molecule has 0 saturated carbocycles. The Bertz CT molecular complexity index is 801. The fourth-order valence-electron chi connectivity index (χ4n) is 1.92. The second kappa shape index (κ2) is 4.13. The molecule has 3 aromatic rings. The molecule has 1 heterocycles. The van der Waals surface area contributed by atoms with Gasteiger partial charge in [0.25, 0.3) is 5.43 Å². The van der Waals surface area contributed by atoms with Crippen LogP contribution >= 0.6 is 0 Å². The van der Waals surface area contributed by atoms with E-state index in [4.69, 9.17) is 0 Å². The van der Waals surface area contributed by atoms with Crippen LogP contribution in [-0.4, -0.2) is 15.1 Å². The minimum atomic E-state index is -0.824. The minimum absolute atomic E-state index is 0.0826. The van der Waals surface area contributed by atoms with Crippen LogP contribution in [0.3, 0.4) is 0 Å². The van der Waals surface area contributed by atoms with Crippen molar-refractivity contribution in [3.05, 3.63) is 63.3 Å². The van der Waals surface area contributed by atoms with Gasteiger partial charge in [0.2, 0.25) is 5.43 Å². The van der Waals surface area contributed by atoms with Crippen molar-refractivity contribution in [1.82, 2.24) is 9.97 Å². The molecule has 19 heavy (non-hydrogen) atoms. The summed E-state index contributed by atoms with van der Waals surface area (Å²) in [5.74, 6) is -0.459. The predicted molar refractivity (Wildman–Crippen MR) is 69.5 cm³/mol. The van der Waals surface area contributed by atoms with Gasteiger partial charge in [0.1, 0.15) is 6.33 Å². The Kier molecular flexibility index (Phi) is 2.45. The number of aromatic nitrogens is 2. The first kappa shape index (κ1) is 11.3. The number of benzene rings is 1. The fourth-order valence-corrected chi connectivity index (χ4v) is 1.92. The fraction of sp³-hybridized carbons (Fsp3) is 0. The lowest BCUT2D eigenvalue weighted by Gasteiger charge is -2.06. The largest absolute Gasteiger partial charge is 0.503 e. The number of hydrogen-bond acceptors (Lipinski definition) is 5. The van der Waals surface area contributed by atoms with Crippen LogP contribution in [0.25, 0.3) is 22.4 Å². The summed E-state index contributed by atoms with van der Waals surface area (Å²) in [4.78, 5) is 30.2. The zero-order chi connectivity index (χ0) is 13.4. The van der Waals surface area contributed by atoms with E-state index in [1.807, 2.05) is 0 Å². The topological polar surface area (TPSA) is 80.2 Å². The molecule has 92 valence electrons. The number of nitrogens with zero attached hydrogens (tertiary/aromatic N) is 2. The SMILES string of the molecule is O=c1c(O)c(-c2ccc(-c3ccncn3)cc2)c1=O. The monoisotopic (exact) mass is 252 g/mol. The van der Waals surface area contributed by atoms with Crippen LogP contribution < -0.4 is 10.9 Å². The van der Waals surface area contributed by atoms with Crippen molar-refractivity contribution in [3.63, 3.8) is 0 Å². The van der Waals surface area contributed by atoms with Crippen molar-refractivity contribution >= 4 is 0 Å². The van der Waals surface area contributed by atoms with E-state index in [2.05, 4.69) is 9.97 Å². The molecule has 0 aliphatic carbocycles. The van der Waals surface area contributed by atoms with E-state index in [9.17, 15) is 14.7 Å². The molecule has 0 fully saturated rings. The minimum Gasteiger partial charge on any atom is -0.503 e. The first-order valence-electron chi connectivity index (χ1n) is 5.57. The highest BCUT2D eigenvalue weighted by atomic mass is 16.3. The number of hydrogen-bond donors (Lipinski definition) is 1. The molecule has 1 N–H and O–H groups in total. The van der Waals surface area contributed by atoms with Crippen molar-refractivity contribution in [2.45, 2.75) is 0 Å². The highest BCUT2D eigenvalue weighted by Crippen LogP contribution is 2.26. The van der Waals surface area contributed by atoms with E-state index in [0.717, 1.165) is 11.3 Å². The maximum atomic E-state index is 11.3. The molecule has 2 aromatic carbocycles. The van der Waals surface area contributed by atoms with E-state index in [0.29, 0.717) is 5.56 Å². The smallest absolute Gasteiger partial charge is 0.268 e. The van der Waals surface area contributed by atoms with Crippen LogP contribution in [-0.2, 0) is 0 Å². The van der Waals surface area contributed by atoms with E-state index in [-0.39, 0.29) is 5.56 Å². The normalized spacial score (nSPS) is 10.7. The van der Waals surface area contributed by atoms with Crippen LogP contribution in [0.2, 0.25) is 0 Å². The molecule has 5 nitrogen and oxygen atoms in total. The first-order valence-corrected chi connectivity index (χ1v) is 5.57. The third-order valence-corrected chi connectivity index (χ3v) is 2.94. The zero-order valence-corrected chi connectivity index (χ0v) is 9.70. The quantitative estimate of drug-likeness (QED) is 0.691. The molecule has 0 amide bonds. The summed E-state index contributed by atoms with van der Waals surface area (Å²) in [6, 6.07) is 8.66. The molecular formula is C14H8N2O3. The molecule has 0 aliphatic rings. The van der Waals surface area contributed by atoms with Gasteiger partial charge in [0, 0.05) is 11.8 Å². The van der Waals surface area contributed by atoms with Gasteiger partial charge in [0.15, 0.2) is 5.75 Å². The van der Waals surface area contributed by atoms with Gasteiger partial charge in [-0.2, -0.15) is 0 Å². The van der Waals surface area contributed by atoms with Crippen LogP contribution in [0, 0.1) is 0 Å². The molecule has 3 rings (SSSR count). The van der Waals surface area contributed by atoms with Crippen molar-refractivity contribution in [2.75, 3.05) is 0 Å². The second-order valence-electron chi connectivity index (χ2n) is 4.05. The maximum absolute atomic E-state index is 11.3. The van der Waals surface area contributed by atoms with Crippen LogP contribution in [0.15, 0.2) is 52.4 Å². The van der Waals surface area contributed by atoms with Crippen LogP contribution in [0.1, 0.15) is 0 Å². The van der Waals surface area contributed by atoms with Gasteiger partial charge >= 0.3 is 0 Å². The van der Waals surface area contributed by atoms with Crippen LogP contribution in [0.5, 0.6) is 5.75 Å². The summed E-state index contributed by atoms with van der Waals surface area (Å²) in [6.45, 7) is 0. The molecule has 5 heteroatoms. The van der Waals surface area contributed by atoms with Gasteiger partial charge in [-0.3, -0.25) is 9.59 Å². The lowest BCUT2D eigenvalue weighted by Crippen LogP contribution is -2.31. The average Bonchev–Trinajstić information content (AvgIpc) is 2.49. The summed E-state index contributed by atoms with van der Waals surface area (Å²) in [5.41, 5.74) is 0.765. The Hall–Kier alpha value is -2.82. The van der Waals surface area contributed by atoms with Gasteiger partial charge < -0.3 is 5.11 Å². The molecule has 0 aliphatic heterocycles. The first-order chi connectivity index (χ1) is 9.18. The average molecular weight is 252 g/mol. The van der Waals surface area contributed by atoms with Crippen molar-refractivity contribution in [3.8, 4) is 28.1 Å². The third kappa shape index (κ3) is 1.72. The molecule has 0 spiro atoms. The zero-order valence-electron chi connectivity index (χ0n) is 9.70. The van der Waals surface area contributed by atoms with E-state index in [1.165, 1.54) is 6.33 Å². The Labute approximate surface area is 107 Å². The Morgan fingerprint density at radius 2 is 1.58 bits per heavy atom. The van der Waals surface area contributed by atoms with E-state index in [1.54, 1.807) is 36.5 Å². The Morgan fingerprint density at radius 1 is 0.895 bits per heavy atom. The molecule has 1 aromatic heterocycles. The highest BCUT2D eigenvalue weighted by molar-refractivity contribution is 5.75. The van der Waals surface area contributed by atoms with Gasteiger partial charge in [-0.25, -0.2) is 9.97 Å². The van der Waals surface area contributed by atoms with Gasteiger partial charge in [0.05, 0.1) is 11.3 Å². The van der Waals surface area contributed by atoms with Gasteiger partial charge in [-0.1, -0.05) is 24.3 Å². The molecule has 0 radical (unpaired) electrons. The highest BCUT2D eigenvalue weighted by Gasteiger charge is 2.21. The van der Waals surface area contributed by atoms with Crippen molar-refractivity contribution in [1.29, 1.82) is 0 Å². The molecule has 0 saturated heterocycles. The predicted octanol–water partition coefficient (Wildman–Crippen LogP) is 1.11. The lowest BCUT2D eigenvalue weighted by molar-refractivity contribution is 0.465. The van der Waals surface area contributed by atoms with E-state index >= 15 is 0 Å². The molecule has 0 bridgehead atoms. The Balaban J connectivity index is 2.01. The summed E-state index contributed by atoms with van der Waals surface area (Å²) in [7, 11) is 0. The summed E-state index contributed by atoms with van der Waals surface area (Å²) < 4.78 is 0. The summed E-state index contributed by atoms with van der Waals surface area (Å²) in [6.07, 6.45) is 3.09. The van der Waals surface area contributed by atoms with Gasteiger partial charge in [-0.05, 0) is 11.6 Å². The summed E-state index contributed by atoms with van der Waals surface area (Å²) >= 11 is 0. The molecular weight excluding hydrogens is 244 g/mol. The number of rotatable bonds is 2. The maximum Gasteiger partial charge on any atom is 0.268 e. The van der Waals surface area contributed by atoms with Crippen molar-refractivity contribution in [2.24, 2.45) is 0 Å². The third-order valence-electron chi connectivity index (χ3n) is 2.94. The van der Waals surface area contributed by atoms with Crippen LogP contribution in [0.4, 0.5) is 0 Å². The molecule has 0 atom stereocenters.